The lowest BCUT2D eigenvalue weighted by Gasteiger charge is -2.19. The first-order valence-corrected chi connectivity index (χ1v) is 7.46. The predicted octanol–water partition coefficient (Wildman–Crippen LogP) is 3.93. The van der Waals surface area contributed by atoms with Crippen molar-refractivity contribution in [3.05, 3.63) is 63.9 Å². The molecular formula is C16H14BrFN2O. The molecule has 2 atom stereocenters. The minimum absolute atomic E-state index is 0.0913. The third-order valence-corrected chi connectivity index (χ3v) is 4.10. The van der Waals surface area contributed by atoms with E-state index in [9.17, 15) is 9.18 Å². The molecule has 0 bridgehead atoms. The van der Waals surface area contributed by atoms with E-state index in [0.29, 0.717) is 0 Å². The number of halogens is 2. The number of rotatable bonds is 3. The second kappa shape index (κ2) is 5.58. The van der Waals surface area contributed by atoms with E-state index in [0.717, 1.165) is 21.3 Å². The summed E-state index contributed by atoms with van der Waals surface area (Å²) in [6.45, 7) is 1.92. The van der Waals surface area contributed by atoms with Crippen LogP contribution in [0.4, 0.5) is 10.1 Å². The highest BCUT2D eigenvalue weighted by atomic mass is 79.9. The van der Waals surface area contributed by atoms with E-state index >= 15 is 0 Å². The Hall–Kier alpha value is -1.72. The van der Waals surface area contributed by atoms with Gasteiger partial charge in [0.2, 0.25) is 5.91 Å². The monoisotopic (exact) mass is 348 g/mol. The van der Waals surface area contributed by atoms with Crippen LogP contribution < -0.4 is 10.6 Å². The number of fused-ring (bicyclic) bond motifs is 1. The average Bonchev–Trinajstić information content (AvgIpc) is 2.74. The zero-order valence-corrected chi connectivity index (χ0v) is 12.9. The lowest BCUT2D eigenvalue weighted by molar-refractivity contribution is -0.117. The molecule has 0 spiro atoms. The minimum atomic E-state index is -0.425. The summed E-state index contributed by atoms with van der Waals surface area (Å²) in [7, 11) is 0. The summed E-state index contributed by atoms with van der Waals surface area (Å²) in [5.74, 6) is -0.368. The van der Waals surface area contributed by atoms with Crippen molar-refractivity contribution in [3.8, 4) is 0 Å². The second-order valence-corrected chi connectivity index (χ2v) is 6.01. The molecule has 0 fully saturated rings. The lowest BCUT2D eigenvalue weighted by Crippen LogP contribution is -2.29. The zero-order chi connectivity index (χ0) is 15.0. The molecule has 1 aliphatic rings. The highest BCUT2D eigenvalue weighted by molar-refractivity contribution is 9.10. The molecule has 2 unspecified atom stereocenters. The number of anilines is 1. The largest absolute Gasteiger partial charge is 0.324 e. The fourth-order valence-corrected chi connectivity index (χ4v) is 2.88. The van der Waals surface area contributed by atoms with E-state index in [2.05, 4.69) is 26.6 Å². The Kier molecular flexibility index (Phi) is 3.78. The van der Waals surface area contributed by atoms with Crippen molar-refractivity contribution in [1.29, 1.82) is 0 Å². The molecule has 0 saturated carbocycles. The number of hydrogen-bond acceptors (Lipinski definition) is 2. The van der Waals surface area contributed by atoms with Crippen molar-refractivity contribution >= 4 is 27.5 Å². The van der Waals surface area contributed by atoms with Gasteiger partial charge in [-0.2, -0.15) is 0 Å². The lowest BCUT2D eigenvalue weighted by atomic mass is 10.0. The van der Waals surface area contributed by atoms with Crippen LogP contribution in [-0.2, 0) is 4.79 Å². The van der Waals surface area contributed by atoms with Crippen LogP contribution in [0.1, 0.15) is 30.1 Å². The van der Waals surface area contributed by atoms with Gasteiger partial charge in [0.05, 0.1) is 0 Å². The molecule has 5 heteroatoms. The first-order chi connectivity index (χ1) is 10.0. The normalized spacial score (nSPS) is 18.2. The second-order valence-electron chi connectivity index (χ2n) is 5.10. The summed E-state index contributed by atoms with van der Waals surface area (Å²) in [6, 6.07) is 11.5. The maximum Gasteiger partial charge on any atom is 0.246 e. The molecule has 2 aromatic rings. The van der Waals surface area contributed by atoms with E-state index in [4.69, 9.17) is 0 Å². The Morgan fingerprint density at radius 3 is 2.86 bits per heavy atom. The van der Waals surface area contributed by atoms with E-state index in [1.807, 2.05) is 31.2 Å². The Labute approximate surface area is 130 Å². The van der Waals surface area contributed by atoms with Crippen LogP contribution in [-0.4, -0.2) is 5.91 Å². The summed E-state index contributed by atoms with van der Waals surface area (Å²) < 4.78 is 14.2. The van der Waals surface area contributed by atoms with Crippen LogP contribution in [0.2, 0.25) is 0 Å². The van der Waals surface area contributed by atoms with Gasteiger partial charge in [0.15, 0.2) is 0 Å². The molecule has 0 radical (unpaired) electrons. The number of nitrogens with one attached hydrogen (secondary N) is 2. The Bertz CT molecular complexity index is 704. The van der Waals surface area contributed by atoms with Crippen LogP contribution in [0.15, 0.2) is 46.9 Å². The summed E-state index contributed by atoms with van der Waals surface area (Å²) in [4.78, 5) is 12.1. The van der Waals surface area contributed by atoms with Gasteiger partial charge in [-0.1, -0.05) is 34.1 Å². The van der Waals surface area contributed by atoms with E-state index in [-0.39, 0.29) is 17.8 Å². The molecule has 3 rings (SSSR count). The summed E-state index contributed by atoms with van der Waals surface area (Å²) >= 11 is 3.39. The quantitative estimate of drug-likeness (QED) is 0.882. The molecule has 2 aromatic carbocycles. The third kappa shape index (κ3) is 2.84. The Balaban J connectivity index is 1.84. The molecule has 108 valence electrons. The maximum atomic E-state index is 13.3. The van der Waals surface area contributed by atoms with Gasteiger partial charge >= 0.3 is 0 Å². The molecular weight excluding hydrogens is 335 g/mol. The van der Waals surface area contributed by atoms with Crippen molar-refractivity contribution in [2.45, 2.75) is 19.0 Å². The number of amides is 1. The van der Waals surface area contributed by atoms with Crippen LogP contribution in [0.3, 0.4) is 0 Å². The van der Waals surface area contributed by atoms with E-state index < -0.39 is 6.04 Å². The fourth-order valence-electron chi connectivity index (χ4n) is 2.52. The molecule has 21 heavy (non-hydrogen) atoms. The highest BCUT2D eigenvalue weighted by Crippen LogP contribution is 2.34. The number of hydrogen-bond donors (Lipinski definition) is 2. The molecule has 0 aliphatic carbocycles. The average molecular weight is 349 g/mol. The molecule has 2 N–H and O–H groups in total. The van der Waals surface area contributed by atoms with Crippen LogP contribution in [0.25, 0.3) is 0 Å². The summed E-state index contributed by atoms with van der Waals surface area (Å²) in [5.41, 5.74) is 2.53. The zero-order valence-electron chi connectivity index (χ0n) is 11.4. The topological polar surface area (TPSA) is 41.1 Å². The number of carbonyl (C=O) groups is 1. The molecule has 1 amide bonds. The summed E-state index contributed by atoms with van der Waals surface area (Å²) in [6.07, 6.45) is 0. The molecule has 3 nitrogen and oxygen atoms in total. The third-order valence-electron chi connectivity index (χ3n) is 3.61. The van der Waals surface area contributed by atoms with Crippen LogP contribution >= 0.6 is 15.9 Å². The minimum Gasteiger partial charge on any atom is -0.324 e. The van der Waals surface area contributed by atoms with Crippen molar-refractivity contribution in [2.24, 2.45) is 0 Å². The number of carbonyl (C=O) groups excluding carboxylic acids is 1. The van der Waals surface area contributed by atoms with Gasteiger partial charge in [-0.25, -0.2) is 4.39 Å². The molecule has 1 aliphatic heterocycles. The standard InChI is InChI=1S/C16H14BrFN2O/c1-9(10-3-2-4-12(18)7-10)19-15-13-6-5-11(17)8-14(13)20-16(15)21/h2-9,15,19H,1H3,(H,20,21). The van der Waals surface area contributed by atoms with Gasteiger partial charge in [0.25, 0.3) is 0 Å². The first-order valence-electron chi connectivity index (χ1n) is 6.66. The fraction of sp³-hybridized carbons (Fsp3) is 0.188. The van der Waals surface area contributed by atoms with E-state index in [1.165, 1.54) is 12.1 Å². The van der Waals surface area contributed by atoms with Gasteiger partial charge in [-0.15, -0.1) is 0 Å². The van der Waals surface area contributed by atoms with E-state index in [1.54, 1.807) is 6.07 Å². The predicted molar refractivity (Wildman–Crippen MR) is 83.5 cm³/mol. The van der Waals surface area contributed by atoms with Gasteiger partial charge < -0.3 is 5.32 Å². The molecule has 0 saturated heterocycles. The van der Waals surface area contributed by atoms with Crippen molar-refractivity contribution in [3.63, 3.8) is 0 Å². The van der Waals surface area contributed by atoms with Gasteiger partial charge in [0, 0.05) is 21.8 Å². The van der Waals surface area contributed by atoms with Gasteiger partial charge in [-0.05, 0) is 36.8 Å². The maximum absolute atomic E-state index is 13.3. The van der Waals surface area contributed by atoms with Crippen molar-refractivity contribution < 1.29 is 9.18 Å². The molecule has 1 heterocycles. The smallest absolute Gasteiger partial charge is 0.246 e. The highest BCUT2D eigenvalue weighted by Gasteiger charge is 2.31. The van der Waals surface area contributed by atoms with Gasteiger partial charge in [-0.3, -0.25) is 10.1 Å². The Morgan fingerprint density at radius 1 is 1.29 bits per heavy atom. The van der Waals surface area contributed by atoms with Crippen LogP contribution in [0, 0.1) is 5.82 Å². The number of benzene rings is 2. The van der Waals surface area contributed by atoms with Gasteiger partial charge in [0.1, 0.15) is 11.9 Å². The van der Waals surface area contributed by atoms with Crippen molar-refractivity contribution in [1.82, 2.24) is 5.32 Å². The SMILES string of the molecule is CC(NC1C(=O)Nc2cc(Br)ccc21)c1cccc(F)c1. The van der Waals surface area contributed by atoms with Crippen LogP contribution in [0.5, 0.6) is 0 Å². The summed E-state index contributed by atoms with van der Waals surface area (Å²) in [5, 5.41) is 6.10. The Morgan fingerprint density at radius 2 is 2.10 bits per heavy atom. The van der Waals surface area contributed by atoms with Crippen molar-refractivity contribution in [2.75, 3.05) is 5.32 Å². The first kappa shape index (κ1) is 14.2. The molecule has 0 aromatic heterocycles.